The van der Waals surface area contributed by atoms with E-state index in [4.69, 9.17) is 10.5 Å². The molecule has 1 amide bonds. The van der Waals surface area contributed by atoms with Crippen LogP contribution >= 0.6 is 23.1 Å². The lowest BCUT2D eigenvalue weighted by atomic mass is 10.4. The number of amides is 1. The lowest BCUT2D eigenvalue weighted by molar-refractivity contribution is -0.120. The molecule has 3 N–H and O–H groups in total. The van der Waals surface area contributed by atoms with Crippen molar-refractivity contribution in [3.8, 4) is 0 Å². The van der Waals surface area contributed by atoms with Crippen LogP contribution in [-0.4, -0.2) is 41.4 Å². The average molecular weight is 312 g/mol. The van der Waals surface area contributed by atoms with E-state index in [1.54, 1.807) is 7.11 Å². The van der Waals surface area contributed by atoms with Gasteiger partial charge < -0.3 is 15.8 Å². The number of anilines is 1. The zero-order valence-electron chi connectivity index (χ0n) is 11.3. The lowest BCUT2D eigenvalue weighted by Gasteiger charge is -2.11. The number of fused-ring (bicyclic) bond motifs is 1. The van der Waals surface area contributed by atoms with Gasteiger partial charge >= 0.3 is 0 Å². The van der Waals surface area contributed by atoms with Crippen molar-refractivity contribution >= 4 is 45.0 Å². The minimum Gasteiger partial charge on any atom is -0.383 e. The van der Waals surface area contributed by atoms with Gasteiger partial charge in [0, 0.05) is 13.7 Å². The first kappa shape index (κ1) is 15.0. The van der Waals surface area contributed by atoms with Crippen molar-refractivity contribution in [3.63, 3.8) is 0 Å². The zero-order chi connectivity index (χ0) is 14.5. The lowest BCUT2D eigenvalue weighted by Crippen LogP contribution is -2.33. The van der Waals surface area contributed by atoms with Crippen molar-refractivity contribution in [1.82, 2.24) is 15.3 Å². The van der Waals surface area contributed by atoms with Gasteiger partial charge in [-0.1, -0.05) is 11.8 Å². The number of carbonyl (C=O) groups excluding carboxylic acids is 1. The van der Waals surface area contributed by atoms with Crippen LogP contribution in [0.2, 0.25) is 0 Å². The minimum atomic E-state index is -0.288. The average Bonchev–Trinajstić information content (AvgIpc) is 2.87. The maximum absolute atomic E-state index is 11.8. The number of nitrogen functional groups attached to an aromatic ring is 1. The number of aromatic nitrogens is 2. The molecule has 0 aromatic carbocycles. The third kappa shape index (κ3) is 3.59. The van der Waals surface area contributed by atoms with E-state index >= 15 is 0 Å². The van der Waals surface area contributed by atoms with Crippen LogP contribution in [0.1, 0.15) is 6.92 Å². The van der Waals surface area contributed by atoms with Crippen molar-refractivity contribution in [2.45, 2.75) is 17.3 Å². The Morgan fingerprint density at radius 3 is 3.15 bits per heavy atom. The summed E-state index contributed by atoms with van der Waals surface area (Å²) in [5.74, 6) is 0.381. The molecular formula is C12H16N4O2S2. The summed E-state index contributed by atoms with van der Waals surface area (Å²) in [6.45, 7) is 2.80. The third-order valence-corrected chi connectivity index (χ3v) is 4.36. The molecule has 2 aromatic heterocycles. The maximum Gasteiger partial charge on any atom is 0.233 e. The van der Waals surface area contributed by atoms with Crippen molar-refractivity contribution in [3.05, 3.63) is 11.4 Å². The molecule has 0 saturated heterocycles. The van der Waals surface area contributed by atoms with Gasteiger partial charge in [0.05, 0.1) is 17.2 Å². The first-order valence-corrected chi connectivity index (χ1v) is 7.81. The second kappa shape index (κ2) is 6.87. The molecule has 0 aliphatic heterocycles. The fourth-order valence-corrected chi connectivity index (χ4v) is 3.17. The molecule has 2 rings (SSSR count). The summed E-state index contributed by atoms with van der Waals surface area (Å²) in [7, 11) is 1.59. The number of nitrogens with one attached hydrogen (secondary N) is 1. The van der Waals surface area contributed by atoms with E-state index in [1.165, 1.54) is 23.1 Å². The van der Waals surface area contributed by atoms with Crippen LogP contribution < -0.4 is 11.1 Å². The van der Waals surface area contributed by atoms with Gasteiger partial charge in [-0.3, -0.25) is 4.79 Å². The molecule has 1 unspecified atom stereocenters. The van der Waals surface area contributed by atoms with Crippen LogP contribution in [-0.2, 0) is 9.53 Å². The monoisotopic (exact) mass is 312 g/mol. The number of nitrogens with two attached hydrogens (primary N) is 1. The van der Waals surface area contributed by atoms with Gasteiger partial charge in [0.25, 0.3) is 0 Å². The van der Waals surface area contributed by atoms with Gasteiger partial charge in [-0.25, -0.2) is 9.97 Å². The molecule has 8 heteroatoms. The van der Waals surface area contributed by atoms with Gasteiger partial charge in [0.15, 0.2) is 5.16 Å². The summed E-state index contributed by atoms with van der Waals surface area (Å²) in [6, 6.07) is 1.89. The van der Waals surface area contributed by atoms with E-state index in [1.807, 2.05) is 18.4 Å². The van der Waals surface area contributed by atoms with Crippen LogP contribution in [0, 0.1) is 0 Å². The summed E-state index contributed by atoms with van der Waals surface area (Å²) >= 11 is 2.80. The Hall–Kier alpha value is -1.38. The van der Waals surface area contributed by atoms with Crippen molar-refractivity contribution < 1.29 is 9.53 Å². The zero-order valence-corrected chi connectivity index (χ0v) is 12.9. The van der Waals surface area contributed by atoms with E-state index in [9.17, 15) is 4.79 Å². The van der Waals surface area contributed by atoms with E-state index in [0.29, 0.717) is 24.1 Å². The van der Waals surface area contributed by atoms with E-state index < -0.39 is 0 Å². The van der Waals surface area contributed by atoms with Gasteiger partial charge in [0.2, 0.25) is 5.91 Å². The molecule has 108 valence electrons. The number of thiophene rings is 1. The molecule has 0 spiro atoms. The number of nitrogens with zero attached hydrogens (tertiary/aromatic N) is 2. The Balaban J connectivity index is 2.01. The van der Waals surface area contributed by atoms with Crippen molar-refractivity contribution in [2.24, 2.45) is 0 Å². The predicted octanol–water partition coefficient (Wildman–Crippen LogP) is 1.52. The highest BCUT2D eigenvalue weighted by Gasteiger charge is 2.16. The molecule has 0 aliphatic rings. The van der Waals surface area contributed by atoms with Crippen molar-refractivity contribution in [1.29, 1.82) is 0 Å². The summed E-state index contributed by atoms with van der Waals surface area (Å²) < 4.78 is 4.88. The van der Waals surface area contributed by atoms with Gasteiger partial charge in [-0.2, -0.15) is 0 Å². The first-order chi connectivity index (χ1) is 9.61. The number of rotatable bonds is 6. The fraction of sp³-hybridized carbons (Fsp3) is 0.417. The van der Waals surface area contributed by atoms with Gasteiger partial charge in [-0.15, -0.1) is 11.3 Å². The molecule has 20 heavy (non-hydrogen) atoms. The Morgan fingerprint density at radius 1 is 1.60 bits per heavy atom. The molecule has 6 nitrogen and oxygen atoms in total. The highest BCUT2D eigenvalue weighted by molar-refractivity contribution is 8.00. The maximum atomic E-state index is 11.8. The number of ether oxygens (including phenoxy) is 1. The molecule has 0 saturated carbocycles. The summed E-state index contributed by atoms with van der Waals surface area (Å²) in [6.07, 6.45) is 0. The normalized spacial score (nSPS) is 12.5. The van der Waals surface area contributed by atoms with Crippen LogP contribution in [0.3, 0.4) is 0 Å². The molecule has 0 bridgehead atoms. The number of hydrogen-bond donors (Lipinski definition) is 2. The smallest absolute Gasteiger partial charge is 0.233 e. The standard InChI is InChI=1S/C12H16N4O2S2/c1-7(10(17)14-4-5-18-2)20-12-15-9(13)8-3-6-19-11(8)16-12/h3,6-7H,4-5H2,1-2H3,(H,14,17)(H2,13,15,16). The second-order valence-corrected chi connectivity index (χ2v) is 6.28. The van der Waals surface area contributed by atoms with E-state index in [-0.39, 0.29) is 11.2 Å². The van der Waals surface area contributed by atoms with Crippen LogP contribution in [0.4, 0.5) is 5.82 Å². The summed E-state index contributed by atoms with van der Waals surface area (Å²) in [5, 5.41) is 5.79. The Labute approximate surface area is 125 Å². The fourth-order valence-electron chi connectivity index (χ4n) is 1.54. The Morgan fingerprint density at radius 2 is 2.40 bits per heavy atom. The summed E-state index contributed by atoms with van der Waals surface area (Å²) in [5.41, 5.74) is 5.88. The SMILES string of the molecule is COCCNC(=O)C(C)Sc1nc(N)c2ccsc2n1. The minimum absolute atomic E-state index is 0.0690. The molecule has 0 aliphatic carbocycles. The highest BCUT2D eigenvalue weighted by atomic mass is 32.2. The Bertz CT molecular complexity index is 602. The number of methoxy groups -OCH3 is 1. The van der Waals surface area contributed by atoms with Crippen molar-refractivity contribution in [2.75, 3.05) is 26.0 Å². The predicted molar refractivity (Wildman–Crippen MR) is 82.0 cm³/mol. The first-order valence-electron chi connectivity index (χ1n) is 6.06. The molecule has 2 heterocycles. The van der Waals surface area contributed by atoms with Gasteiger partial charge in [0.1, 0.15) is 10.6 Å². The summed E-state index contributed by atoms with van der Waals surface area (Å²) in [4.78, 5) is 21.3. The van der Waals surface area contributed by atoms with Crippen LogP contribution in [0.5, 0.6) is 0 Å². The number of thioether (sulfide) groups is 1. The molecule has 2 aromatic rings. The van der Waals surface area contributed by atoms with Crippen LogP contribution in [0.25, 0.3) is 10.2 Å². The van der Waals surface area contributed by atoms with Gasteiger partial charge in [-0.05, 0) is 18.4 Å². The molecule has 1 atom stereocenters. The number of carbonyl (C=O) groups is 1. The molecular weight excluding hydrogens is 296 g/mol. The Kier molecular flexibility index (Phi) is 5.16. The topological polar surface area (TPSA) is 90.1 Å². The molecule has 0 radical (unpaired) electrons. The quantitative estimate of drug-likeness (QED) is 0.477. The second-order valence-electron chi connectivity index (χ2n) is 4.07. The largest absolute Gasteiger partial charge is 0.383 e. The number of hydrogen-bond acceptors (Lipinski definition) is 7. The molecule has 0 fully saturated rings. The van der Waals surface area contributed by atoms with Crippen LogP contribution in [0.15, 0.2) is 16.6 Å². The van der Waals surface area contributed by atoms with E-state index in [0.717, 1.165) is 10.2 Å². The highest BCUT2D eigenvalue weighted by Crippen LogP contribution is 2.27. The third-order valence-electron chi connectivity index (χ3n) is 2.59. The van der Waals surface area contributed by atoms with E-state index in [2.05, 4.69) is 15.3 Å².